The third kappa shape index (κ3) is 3.37. The normalized spacial score (nSPS) is 13.6. The van der Waals surface area contributed by atoms with Gasteiger partial charge in [0.2, 0.25) is 0 Å². The number of sulfonamides is 1. The number of fused-ring (bicyclic) bond motifs is 1. The van der Waals surface area contributed by atoms with Crippen molar-refractivity contribution in [2.24, 2.45) is 0 Å². The van der Waals surface area contributed by atoms with Gasteiger partial charge in [-0.3, -0.25) is 4.31 Å². The van der Waals surface area contributed by atoms with Crippen molar-refractivity contribution in [3.8, 4) is 0 Å². The average molecular weight is 380 g/mol. The highest BCUT2D eigenvalue weighted by Gasteiger charge is 2.32. The second-order valence-corrected chi connectivity index (χ2v) is 7.97. The van der Waals surface area contributed by atoms with Crippen LogP contribution >= 0.6 is 11.6 Å². The lowest BCUT2D eigenvalue weighted by Crippen LogP contribution is -2.29. The predicted molar refractivity (Wildman–Crippen MR) is 96.7 cm³/mol. The van der Waals surface area contributed by atoms with E-state index in [9.17, 15) is 13.2 Å². The number of ether oxygens (including phenoxy) is 1. The predicted octanol–water partition coefficient (Wildman–Crippen LogP) is 3.66. The van der Waals surface area contributed by atoms with Crippen LogP contribution in [0.25, 0.3) is 0 Å². The van der Waals surface area contributed by atoms with Crippen LogP contribution in [0.3, 0.4) is 0 Å². The molecule has 0 unspecified atom stereocenters. The molecule has 25 heavy (non-hydrogen) atoms. The van der Waals surface area contributed by atoms with Gasteiger partial charge in [-0.2, -0.15) is 0 Å². The van der Waals surface area contributed by atoms with Gasteiger partial charge in [0.05, 0.1) is 22.9 Å². The third-order valence-corrected chi connectivity index (χ3v) is 6.31. The van der Waals surface area contributed by atoms with Crippen LogP contribution in [0.2, 0.25) is 5.02 Å². The van der Waals surface area contributed by atoms with Crippen molar-refractivity contribution < 1.29 is 17.9 Å². The quantitative estimate of drug-likeness (QED) is 0.744. The Morgan fingerprint density at radius 3 is 2.76 bits per heavy atom. The molecule has 0 aliphatic carbocycles. The Bertz CT molecular complexity index is 911. The average Bonchev–Trinajstić information content (AvgIpc) is 3.04. The first-order valence-corrected chi connectivity index (χ1v) is 9.84. The third-order valence-electron chi connectivity index (χ3n) is 4.02. The Morgan fingerprint density at radius 1 is 1.24 bits per heavy atom. The van der Waals surface area contributed by atoms with Gasteiger partial charge in [-0.1, -0.05) is 36.7 Å². The number of hydrogen-bond acceptors (Lipinski definition) is 4. The summed E-state index contributed by atoms with van der Waals surface area (Å²) in [6.45, 7) is 2.52. The first kappa shape index (κ1) is 17.8. The molecule has 5 nitrogen and oxygen atoms in total. The summed E-state index contributed by atoms with van der Waals surface area (Å²) >= 11 is 6.14. The number of benzene rings is 2. The minimum absolute atomic E-state index is 0.0800. The first-order valence-electron chi connectivity index (χ1n) is 8.02. The minimum atomic E-state index is -3.87. The van der Waals surface area contributed by atoms with E-state index < -0.39 is 16.0 Å². The van der Waals surface area contributed by atoms with Gasteiger partial charge in [0.1, 0.15) is 4.90 Å². The fourth-order valence-electron chi connectivity index (χ4n) is 2.78. The van der Waals surface area contributed by atoms with Gasteiger partial charge in [0, 0.05) is 6.54 Å². The van der Waals surface area contributed by atoms with Gasteiger partial charge in [-0.05, 0) is 42.7 Å². The number of carbonyl (C=O) groups is 1. The number of carbonyl (C=O) groups excluding carboxylic acids is 1. The van der Waals surface area contributed by atoms with Crippen LogP contribution in [0, 0.1) is 0 Å². The number of esters is 1. The molecule has 7 heteroatoms. The molecule has 1 aliphatic heterocycles. The summed E-state index contributed by atoms with van der Waals surface area (Å²) in [5.74, 6) is -0.559. The molecule has 0 N–H and O–H groups in total. The molecule has 0 fully saturated rings. The van der Waals surface area contributed by atoms with Crippen molar-refractivity contribution in [3.63, 3.8) is 0 Å². The molecule has 0 radical (unpaired) electrons. The van der Waals surface area contributed by atoms with Crippen LogP contribution in [-0.2, 0) is 21.2 Å². The van der Waals surface area contributed by atoms with E-state index in [-0.39, 0.29) is 22.1 Å². The van der Waals surface area contributed by atoms with Crippen LogP contribution < -0.4 is 4.31 Å². The molecule has 0 saturated carbocycles. The molecule has 1 heterocycles. The van der Waals surface area contributed by atoms with Gasteiger partial charge >= 0.3 is 5.97 Å². The van der Waals surface area contributed by atoms with E-state index in [4.69, 9.17) is 16.3 Å². The smallest absolute Gasteiger partial charge is 0.338 e. The molecule has 3 rings (SSSR count). The lowest BCUT2D eigenvalue weighted by atomic mass is 10.2. The topological polar surface area (TPSA) is 63.7 Å². The number of para-hydroxylation sites is 1. The molecule has 0 atom stereocenters. The monoisotopic (exact) mass is 379 g/mol. The molecule has 0 bridgehead atoms. The highest BCUT2D eigenvalue weighted by Crippen LogP contribution is 2.35. The second-order valence-electron chi connectivity index (χ2n) is 5.74. The summed E-state index contributed by atoms with van der Waals surface area (Å²) in [6.07, 6.45) is 1.33. The lowest BCUT2D eigenvalue weighted by Gasteiger charge is -2.20. The van der Waals surface area contributed by atoms with Crippen LogP contribution in [-0.4, -0.2) is 27.5 Å². The van der Waals surface area contributed by atoms with Gasteiger partial charge in [-0.15, -0.1) is 0 Å². The minimum Gasteiger partial charge on any atom is -0.462 e. The zero-order valence-corrected chi connectivity index (χ0v) is 15.3. The summed E-state index contributed by atoms with van der Waals surface area (Å²) in [6, 6.07) is 11.5. The Labute approximate surface area is 152 Å². The largest absolute Gasteiger partial charge is 0.462 e. The van der Waals surface area contributed by atoms with Gasteiger partial charge in [0.15, 0.2) is 0 Å². The summed E-state index contributed by atoms with van der Waals surface area (Å²) in [4.78, 5) is 12.0. The molecular weight excluding hydrogens is 362 g/mol. The Morgan fingerprint density at radius 2 is 2.00 bits per heavy atom. The van der Waals surface area contributed by atoms with E-state index in [0.29, 0.717) is 25.1 Å². The molecular formula is C18H18ClNO4S. The molecule has 0 aromatic heterocycles. The van der Waals surface area contributed by atoms with Crippen LogP contribution in [0.5, 0.6) is 0 Å². The van der Waals surface area contributed by atoms with Crippen molar-refractivity contribution in [2.45, 2.75) is 24.7 Å². The maximum Gasteiger partial charge on any atom is 0.338 e. The van der Waals surface area contributed by atoms with Crippen molar-refractivity contribution in [1.82, 2.24) is 0 Å². The molecule has 1 aliphatic rings. The van der Waals surface area contributed by atoms with E-state index >= 15 is 0 Å². The summed E-state index contributed by atoms with van der Waals surface area (Å²) < 4.78 is 32.6. The van der Waals surface area contributed by atoms with Crippen LogP contribution in [0.4, 0.5) is 5.69 Å². The zero-order chi connectivity index (χ0) is 18.0. The number of halogens is 1. The standard InChI is InChI=1S/C18H18ClNO4S/c1-2-11-24-18(21)14-7-8-15(19)17(12-14)25(22,23)20-10-9-13-5-3-4-6-16(13)20/h3-8,12H,2,9-11H2,1H3. The summed E-state index contributed by atoms with van der Waals surface area (Å²) in [5, 5.41) is 0.0800. The number of rotatable bonds is 5. The number of hydrogen-bond donors (Lipinski definition) is 0. The van der Waals surface area contributed by atoms with Crippen molar-refractivity contribution in [1.29, 1.82) is 0 Å². The molecule has 0 saturated heterocycles. The summed E-state index contributed by atoms with van der Waals surface area (Å²) in [5.41, 5.74) is 1.79. The lowest BCUT2D eigenvalue weighted by molar-refractivity contribution is 0.0505. The highest BCUT2D eigenvalue weighted by molar-refractivity contribution is 7.93. The Hall–Kier alpha value is -2.05. The molecule has 2 aromatic rings. The van der Waals surface area contributed by atoms with Crippen molar-refractivity contribution >= 4 is 33.3 Å². The van der Waals surface area contributed by atoms with Crippen molar-refractivity contribution in [2.75, 3.05) is 17.5 Å². The second kappa shape index (κ2) is 7.06. The van der Waals surface area contributed by atoms with E-state index in [1.807, 2.05) is 19.1 Å². The number of anilines is 1. The molecule has 2 aromatic carbocycles. The fraction of sp³-hybridized carbons (Fsp3) is 0.278. The molecule has 0 amide bonds. The summed E-state index contributed by atoms with van der Waals surface area (Å²) in [7, 11) is -3.87. The van der Waals surface area contributed by atoms with Gasteiger partial charge in [-0.25, -0.2) is 13.2 Å². The molecule has 0 spiro atoms. The number of nitrogens with zero attached hydrogens (tertiary/aromatic N) is 1. The van der Waals surface area contributed by atoms with Gasteiger partial charge in [0.25, 0.3) is 10.0 Å². The molecule has 132 valence electrons. The van der Waals surface area contributed by atoms with Crippen LogP contribution in [0.15, 0.2) is 47.4 Å². The Balaban J connectivity index is 1.99. The van der Waals surface area contributed by atoms with Crippen molar-refractivity contribution in [3.05, 3.63) is 58.6 Å². The SMILES string of the molecule is CCCOC(=O)c1ccc(Cl)c(S(=O)(=O)N2CCc3ccccc32)c1. The fourth-order valence-corrected chi connectivity index (χ4v) is 4.79. The van der Waals surface area contributed by atoms with E-state index in [1.54, 1.807) is 12.1 Å². The zero-order valence-electron chi connectivity index (χ0n) is 13.7. The van der Waals surface area contributed by atoms with E-state index in [0.717, 1.165) is 5.56 Å². The maximum absolute atomic E-state index is 13.1. The van der Waals surface area contributed by atoms with Crippen LogP contribution in [0.1, 0.15) is 29.3 Å². The first-order chi connectivity index (χ1) is 11.9. The van der Waals surface area contributed by atoms with Gasteiger partial charge < -0.3 is 4.74 Å². The highest BCUT2D eigenvalue weighted by atomic mass is 35.5. The maximum atomic E-state index is 13.1. The van der Waals surface area contributed by atoms with E-state index in [1.165, 1.54) is 22.5 Å². The Kier molecular flexibility index (Phi) is 5.01. The van der Waals surface area contributed by atoms with E-state index in [2.05, 4.69) is 0 Å².